The molecular weight excluding hydrogens is 214 g/mol. The maximum atomic E-state index is 5.67. The molecule has 0 aliphatic carbocycles. The first-order valence-corrected chi connectivity index (χ1v) is 5.62. The average molecular weight is 229 g/mol. The summed E-state index contributed by atoms with van der Waals surface area (Å²) < 4.78 is 5.67. The van der Waals surface area contributed by atoms with Crippen molar-refractivity contribution in [2.45, 2.75) is 13.5 Å². The van der Waals surface area contributed by atoms with E-state index in [4.69, 9.17) is 4.74 Å². The lowest BCUT2D eigenvalue weighted by molar-refractivity contribution is 0.478. The lowest BCUT2D eigenvalue weighted by Crippen LogP contribution is -2.12. The maximum absolute atomic E-state index is 5.67. The van der Waals surface area contributed by atoms with Crippen LogP contribution in [0, 0.1) is 0 Å². The van der Waals surface area contributed by atoms with Crippen molar-refractivity contribution in [1.82, 2.24) is 15.3 Å². The summed E-state index contributed by atoms with van der Waals surface area (Å²) in [5.41, 5.74) is 0.966. The quantitative estimate of drug-likeness (QED) is 0.855. The van der Waals surface area contributed by atoms with Gasteiger partial charge in [0.2, 0.25) is 0 Å². The van der Waals surface area contributed by atoms with Gasteiger partial charge in [0, 0.05) is 25.0 Å². The van der Waals surface area contributed by atoms with Crippen molar-refractivity contribution in [3.05, 3.63) is 48.5 Å². The van der Waals surface area contributed by atoms with Gasteiger partial charge >= 0.3 is 0 Å². The summed E-state index contributed by atoms with van der Waals surface area (Å²) in [6, 6.07) is 7.48. The molecule has 2 aromatic heterocycles. The van der Waals surface area contributed by atoms with E-state index in [-0.39, 0.29) is 0 Å². The van der Waals surface area contributed by atoms with Crippen molar-refractivity contribution in [2.75, 3.05) is 6.54 Å². The number of nitrogens with zero attached hydrogens (tertiary/aromatic N) is 2. The molecule has 0 atom stereocenters. The summed E-state index contributed by atoms with van der Waals surface area (Å²) in [6.45, 7) is 3.74. The van der Waals surface area contributed by atoms with Gasteiger partial charge in [-0.1, -0.05) is 6.92 Å². The van der Waals surface area contributed by atoms with Crippen LogP contribution in [0.4, 0.5) is 0 Å². The van der Waals surface area contributed by atoms with E-state index in [1.165, 1.54) is 0 Å². The fraction of sp³-hybridized carbons (Fsp3) is 0.231. The summed E-state index contributed by atoms with van der Waals surface area (Å²) in [4.78, 5) is 8.26. The van der Waals surface area contributed by atoms with Crippen molar-refractivity contribution in [1.29, 1.82) is 0 Å². The molecule has 0 saturated heterocycles. The van der Waals surface area contributed by atoms with Crippen LogP contribution in [0.5, 0.6) is 11.5 Å². The number of hydrogen-bond donors (Lipinski definition) is 1. The van der Waals surface area contributed by atoms with Crippen molar-refractivity contribution in [3.63, 3.8) is 0 Å². The normalized spacial score (nSPS) is 10.2. The van der Waals surface area contributed by atoms with Crippen LogP contribution in [-0.4, -0.2) is 16.5 Å². The molecular formula is C13H15N3O. The standard InChI is InChI=1S/C13H15N3O/c1-2-14-9-11-8-12(5-7-16-11)17-13-4-3-6-15-10-13/h3-8,10,14H,2,9H2,1H3. The van der Waals surface area contributed by atoms with E-state index in [0.29, 0.717) is 0 Å². The Hall–Kier alpha value is -1.94. The van der Waals surface area contributed by atoms with Gasteiger partial charge in [0.15, 0.2) is 0 Å². The molecule has 17 heavy (non-hydrogen) atoms. The van der Waals surface area contributed by atoms with E-state index in [1.54, 1.807) is 18.6 Å². The predicted molar refractivity (Wildman–Crippen MR) is 65.9 cm³/mol. The number of rotatable bonds is 5. The van der Waals surface area contributed by atoms with Crippen LogP contribution in [0.25, 0.3) is 0 Å². The summed E-state index contributed by atoms with van der Waals surface area (Å²) in [5.74, 6) is 1.51. The zero-order chi connectivity index (χ0) is 11.9. The van der Waals surface area contributed by atoms with Crippen LogP contribution < -0.4 is 10.1 Å². The Kier molecular flexibility index (Phi) is 4.05. The molecule has 88 valence electrons. The van der Waals surface area contributed by atoms with Crippen LogP contribution >= 0.6 is 0 Å². The molecule has 1 N–H and O–H groups in total. The highest BCUT2D eigenvalue weighted by molar-refractivity contribution is 5.29. The van der Waals surface area contributed by atoms with Gasteiger partial charge in [-0.25, -0.2) is 0 Å². The first kappa shape index (κ1) is 11.5. The lowest BCUT2D eigenvalue weighted by Gasteiger charge is -2.06. The zero-order valence-electron chi connectivity index (χ0n) is 9.76. The Morgan fingerprint density at radius 3 is 2.94 bits per heavy atom. The molecule has 0 amide bonds. The Morgan fingerprint density at radius 1 is 1.24 bits per heavy atom. The van der Waals surface area contributed by atoms with Crippen LogP contribution in [0.1, 0.15) is 12.6 Å². The van der Waals surface area contributed by atoms with E-state index in [0.717, 1.165) is 30.3 Å². The Balaban J connectivity index is 2.06. The van der Waals surface area contributed by atoms with Gasteiger partial charge in [-0.05, 0) is 24.7 Å². The molecule has 0 radical (unpaired) electrons. The minimum absolute atomic E-state index is 0.730. The van der Waals surface area contributed by atoms with Gasteiger partial charge in [-0.2, -0.15) is 0 Å². The number of pyridine rings is 2. The topological polar surface area (TPSA) is 47.0 Å². The maximum Gasteiger partial charge on any atom is 0.145 e. The Morgan fingerprint density at radius 2 is 2.18 bits per heavy atom. The van der Waals surface area contributed by atoms with Gasteiger partial charge in [-0.3, -0.25) is 9.97 Å². The van der Waals surface area contributed by atoms with Crippen LogP contribution in [-0.2, 0) is 6.54 Å². The van der Waals surface area contributed by atoms with Crippen LogP contribution in [0.3, 0.4) is 0 Å². The molecule has 0 fully saturated rings. The van der Waals surface area contributed by atoms with Crippen LogP contribution in [0.2, 0.25) is 0 Å². The zero-order valence-corrected chi connectivity index (χ0v) is 9.76. The second-order valence-corrected chi connectivity index (χ2v) is 3.55. The lowest BCUT2D eigenvalue weighted by atomic mass is 10.3. The molecule has 0 spiro atoms. The molecule has 0 bridgehead atoms. The third kappa shape index (κ3) is 3.53. The molecule has 4 heteroatoms. The van der Waals surface area contributed by atoms with E-state index >= 15 is 0 Å². The van der Waals surface area contributed by atoms with Crippen molar-refractivity contribution in [2.24, 2.45) is 0 Å². The summed E-state index contributed by atoms with van der Waals surface area (Å²) in [7, 11) is 0. The highest BCUT2D eigenvalue weighted by Gasteiger charge is 1.99. The van der Waals surface area contributed by atoms with Crippen LogP contribution in [0.15, 0.2) is 42.9 Å². The van der Waals surface area contributed by atoms with Crippen molar-refractivity contribution < 1.29 is 4.74 Å². The van der Waals surface area contributed by atoms with E-state index < -0.39 is 0 Å². The number of hydrogen-bond acceptors (Lipinski definition) is 4. The first-order chi connectivity index (χ1) is 8.38. The number of aromatic nitrogens is 2. The van der Waals surface area contributed by atoms with Gasteiger partial charge in [0.25, 0.3) is 0 Å². The summed E-state index contributed by atoms with van der Waals surface area (Å²) in [5, 5.41) is 3.23. The molecule has 0 aliphatic rings. The molecule has 2 aromatic rings. The molecule has 2 heterocycles. The first-order valence-electron chi connectivity index (χ1n) is 5.62. The van der Waals surface area contributed by atoms with Crippen molar-refractivity contribution in [3.8, 4) is 11.5 Å². The van der Waals surface area contributed by atoms with Gasteiger partial charge in [-0.15, -0.1) is 0 Å². The molecule has 0 aliphatic heterocycles. The van der Waals surface area contributed by atoms with Gasteiger partial charge in [0.05, 0.1) is 11.9 Å². The van der Waals surface area contributed by atoms with Gasteiger partial charge < -0.3 is 10.1 Å². The largest absolute Gasteiger partial charge is 0.456 e. The number of nitrogens with one attached hydrogen (secondary N) is 1. The highest BCUT2D eigenvalue weighted by Crippen LogP contribution is 2.19. The smallest absolute Gasteiger partial charge is 0.145 e. The third-order valence-corrected chi connectivity index (χ3v) is 2.21. The third-order valence-electron chi connectivity index (χ3n) is 2.21. The monoisotopic (exact) mass is 229 g/mol. The van der Waals surface area contributed by atoms with Gasteiger partial charge in [0.1, 0.15) is 11.5 Å². The fourth-order valence-electron chi connectivity index (χ4n) is 1.41. The summed E-state index contributed by atoms with van der Waals surface area (Å²) in [6.07, 6.45) is 5.15. The average Bonchev–Trinajstić information content (AvgIpc) is 2.38. The Bertz CT molecular complexity index is 459. The molecule has 0 saturated carbocycles. The SMILES string of the molecule is CCNCc1cc(Oc2cccnc2)ccn1. The predicted octanol–water partition coefficient (Wildman–Crippen LogP) is 2.38. The molecule has 0 unspecified atom stereocenters. The van der Waals surface area contributed by atoms with Crippen molar-refractivity contribution >= 4 is 0 Å². The minimum Gasteiger partial charge on any atom is -0.456 e. The summed E-state index contributed by atoms with van der Waals surface area (Å²) >= 11 is 0. The second kappa shape index (κ2) is 5.96. The van der Waals surface area contributed by atoms with E-state index in [1.807, 2.05) is 24.3 Å². The second-order valence-electron chi connectivity index (χ2n) is 3.55. The van der Waals surface area contributed by atoms with E-state index in [9.17, 15) is 0 Å². The molecule has 0 aromatic carbocycles. The minimum atomic E-state index is 0.730. The fourth-order valence-corrected chi connectivity index (χ4v) is 1.41. The highest BCUT2D eigenvalue weighted by atomic mass is 16.5. The molecule has 4 nitrogen and oxygen atoms in total. The Labute approximate surface area is 101 Å². The molecule has 2 rings (SSSR count). The number of ether oxygens (including phenoxy) is 1. The van der Waals surface area contributed by atoms with E-state index in [2.05, 4.69) is 22.2 Å².